The summed E-state index contributed by atoms with van der Waals surface area (Å²) in [5, 5.41) is 14.6. The van der Waals surface area contributed by atoms with Crippen LogP contribution in [0.3, 0.4) is 0 Å². The van der Waals surface area contributed by atoms with E-state index in [9.17, 15) is 5.11 Å². The summed E-state index contributed by atoms with van der Waals surface area (Å²) in [5.41, 5.74) is 7.36. The number of hydrogen-bond acceptors (Lipinski definition) is 3. The Morgan fingerprint density at radius 3 is 2.47 bits per heavy atom. The Morgan fingerprint density at radius 1 is 1.47 bits per heavy atom. The van der Waals surface area contributed by atoms with Crippen LogP contribution in [0.15, 0.2) is 0 Å². The molecule has 1 aromatic heterocycles. The molecule has 1 atom stereocenters. The van der Waals surface area contributed by atoms with E-state index < -0.39 is 0 Å². The fraction of sp³-hybridized carbons (Fsp3) is 0.750. The Bertz CT molecular complexity index is 364. The minimum absolute atomic E-state index is 0.0724. The van der Waals surface area contributed by atoms with Crippen molar-refractivity contribution in [3.8, 4) is 0 Å². The van der Waals surface area contributed by atoms with Gasteiger partial charge >= 0.3 is 0 Å². The lowest BCUT2D eigenvalue weighted by molar-refractivity contribution is 0.125. The molecule has 0 saturated carbocycles. The van der Waals surface area contributed by atoms with Crippen molar-refractivity contribution in [1.82, 2.24) is 9.78 Å². The molecule has 0 saturated heterocycles. The molecule has 3 N–H and O–H groups in total. The van der Waals surface area contributed by atoms with Gasteiger partial charge in [-0.05, 0) is 19.3 Å². The van der Waals surface area contributed by atoms with Gasteiger partial charge in [-0.1, -0.05) is 25.4 Å². The number of aliphatic hydroxyl groups is 1. The smallest absolute Gasteiger partial charge is 0.0849 e. The average molecular weight is 260 g/mol. The van der Waals surface area contributed by atoms with Crippen LogP contribution in [0.2, 0.25) is 5.02 Å². The number of rotatable bonds is 6. The Hall–Kier alpha value is -0.580. The molecule has 0 aliphatic heterocycles. The van der Waals surface area contributed by atoms with Crippen LogP contribution in [0.4, 0.5) is 0 Å². The highest BCUT2D eigenvalue weighted by Crippen LogP contribution is 2.30. The number of aromatic nitrogens is 2. The summed E-state index contributed by atoms with van der Waals surface area (Å²) in [6.45, 7) is 4.58. The van der Waals surface area contributed by atoms with Crippen LogP contribution >= 0.6 is 11.6 Å². The first-order valence-corrected chi connectivity index (χ1v) is 6.42. The van der Waals surface area contributed by atoms with Gasteiger partial charge < -0.3 is 10.8 Å². The van der Waals surface area contributed by atoms with Crippen molar-refractivity contribution >= 4 is 11.6 Å². The predicted octanol–water partition coefficient (Wildman–Crippen LogP) is 1.53. The molecule has 0 bridgehead atoms. The second kappa shape index (κ2) is 5.85. The maximum Gasteiger partial charge on any atom is 0.0849 e. The molecule has 0 fully saturated rings. The van der Waals surface area contributed by atoms with Gasteiger partial charge in [0.15, 0.2) is 0 Å². The highest BCUT2D eigenvalue weighted by atomic mass is 35.5. The SMILES string of the molecule is CCc1nn(C)c(CC(CC)(CN)CO)c1Cl. The second-order valence-corrected chi connectivity index (χ2v) is 4.96. The number of aryl methyl sites for hydroxylation is 2. The van der Waals surface area contributed by atoms with Gasteiger partial charge in [-0.25, -0.2) is 0 Å². The van der Waals surface area contributed by atoms with E-state index in [4.69, 9.17) is 17.3 Å². The summed E-state index contributed by atoms with van der Waals surface area (Å²) in [6, 6.07) is 0. The molecule has 4 nitrogen and oxygen atoms in total. The molecule has 0 amide bonds. The molecule has 0 spiro atoms. The van der Waals surface area contributed by atoms with E-state index in [1.54, 1.807) is 4.68 Å². The van der Waals surface area contributed by atoms with E-state index >= 15 is 0 Å². The molecule has 0 radical (unpaired) electrons. The normalized spacial score (nSPS) is 14.9. The van der Waals surface area contributed by atoms with Crippen LogP contribution < -0.4 is 5.73 Å². The van der Waals surface area contributed by atoms with Crippen molar-refractivity contribution in [2.45, 2.75) is 33.1 Å². The lowest BCUT2D eigenvalue weighted by Gasteiger charge is -2.29. The second-order valence-electron chi connectivity index (χ2n) is 4.58. The van der Waals surface area contributed by atoms with Crippen molar-refractivity contribution in [2.75, 3.05) is 13.2 Å². The Kier molecular flexibility index (Phi) is 4.98. The number of nitrogens with zero attached hydrogens (tertiary/aromatic N) is 2. The number of halogens is 1. The summed E-state index contributed by atoms with van der Waals surface area (Å²) >= 11 is 6.30. The van der Waals surface area contributed by atoms with Gasteiger partial charge in [0.25, 0.3) is 0 Å². The number of hydrogen-bond donors (Lipinski definition) is 2. The van der Waals surface area contributed by atoms with Crippen LogP contribution in [0, 0.1) is 5.41 Å². The van der Waals surface area contributed by atoms with Crippen LogP contribution in [0.1, 0.15) is 31.7 Å². The average Bonchev–Trinajstić information content (AvgIpc) is 2.62. The molecular weight excluding hydrogens is 238 g/mol. The quantitative estimate of drug-likeness (QED) is 0.814. The monoisotopic (exact) mass is 259 g/mol. The lowest BCUT2D eigenvalue weighted by atomic mass is 9.81. The molecule has 1 rings (SSSR count). The summed E-state index contributed by atoms with van der Waals surface area (Å²) in [5.74, 6) is 0. The molecular formula is C12H22ClN3O. The molecule has 98 valence electrons. The Balaban J connectivity index is 3.05. The van der Waals surface area contributed by atoms with Gasteiger partial charge in [0.1, 0.15) is 0 Å². The molecule has 1 unspecified atom stereocenters. The van der Waals surface area contributed by atoms with Gasteiger partial charge in [-0.3, -0.25) is 4.68 Å². The molecule has 1 aromatic rings. The summed E-state index contributed by atoms with van der Waals surface area (Å²) in [4.78, 5) is 0. The van der Waals surface area contributed by atoms with E-state index in [-0.39, 0.29) is 12.0 Å². The van der Waals surface area contributed by atoms with Crippen molar-refractivity contribution < 1.29 is 5.11 Å². The van der Waals surface area contributed by atoms with E-state index in [1.165, 1.54) is 0 Å². The Labute approximate surface area is 108 Å². The van der Waals surface area contributed by atoms with E-state index in [1.807, 2.05) is 20.9 Å². The third-order valence-corrected chi connectivity index (χ3v) is 4.00. The van der Waals surface area contributed by atoms with E-state index in [2.05, 4.69) is 5.10 Å². The van der Waals surface area contributed by atoms with E-state index in [0.29, 0.717) is 13.0 Å². The van der Waals surface area contributed by atoms with Crippen LogP contribution in [0.25, 0.3) is 0 Å². The Morgan fingerprint density at radius 2 is 2.12 bits per heavy atom. The molecule has 17 heavy (non-hydrogen) atoms. The van der Waals surface area contributed by atoms with Crippen molar-refractivity contribution in [2.24, 2.45) is 18.2 Å². The van der Waals surface area contributed by atoms with Crippen molar-refractivity contribution in [3.63, 3.8) is 0 Å². The third kappa shape index (κ3) is 2.81. The molecule has 0 aromatic carbocycles. The topological polar surface area (TPSA) is 64.1 Å². The molecule has 0 aliphatic carbocycles. The standard InChI is InChI=1S/C12H22ClN3O/c1-4-9-11(13)10(16(3)15-9)6-12(5-2,7-14)8-17/h17H,4-8,14H2,1-3H3. The maximum absolute atomic E-state index is 9.53. The predicted molar refractivity (Wildman–Crippen MR) is 70.2 cm³/mol. The highest BCUT2D eigenvalue weighted by Gasteiger charge is 2.29. The van der Waals surface area contributed by atoms with Gasteiger partial charge in [0.05, 0.1) is 23.0 Å². The fourth-order valence-corrected chi connectivity index (χ4v) is 2.30. The zero-order valence-corrected chi connectivity index (χ0v) is 11.6. The van der Waals surface area contributed by atoms with Crippen LogP contribution in [0.5, 0.6) is 0 Å². The molecule has 0 aliphatic rings. The minimum Gasteiger partial charge on any atom is -0.396 e. The molecule has 1 heterocycles. The summed E-state index contributed by atoms with van der Waals surface area (Å²) in [6.07, 6.45) is 2.30. The van der Waals surface area contributed by atoms with Gasteiger partial charge in [-0.15, -0.1) is 0 Å². The number of nitrogens with two attached hydrogens (primary N) is 1. The van der Waals surface area contributed by atoms with E-state index in [0.717, 1.165) is 29.3 Å². The highest BCUT2D eigenvalue weighted by molar-refractivity contribution is 6.31. The summed E-state index contributed by atoms with van der Waals surface area (Å²) in [7, 11) is 1.88. The van der Waals surface area contributed by atoms with Gasteiger partial charge in [0, 0.05) is 19.0 Å². The first-order valence-electron chi connectivity index (χ1n) is 6.04. The third-order valence-electron chi connectivity index (χ3n) is 3.56. The summed E-state index contributed by atoms with van der Waals surface area (Å²) < 4.78 is 1.80. The fourth-order valence-electron chi connectivity index (χ4n) is 1.94. The van der Waals surface area contributed by atoms with Gasteiger partial charge in [0.2, 0.25) is 0 Å². The van der Waals surface area contributed by atoms with Crippen LogP contribution in [-0.4, -0.2) is 28.0 Å². The first-order chi connectivity index (χ1) is 8.03. The zero-order chi connectivity index (χ0) is 13.1. The number of aliphatic hydroxyl groups excluding tert-OH is 1. The van der Waals surface area contributed by atoms with Gasteiger partial charge in [-0.2, -0.15) is 5.10 Å². The minimum atomic E-state index is -0.289. The van der Waals surface area contributed by atoms with Crippen molar-refractivity contribution in [1.29, 1.82) is 0 Å². The van der Waals surface area contributed by atoms with Crippen LogP contribution in [-0.2, 0) is 19.9 Å². The maximum atomic E-state index is 9.53. The molecule has 5 heteroatoms. The largest absolute Gasteiger partial charge is 0.396 e. The van der Waals surface area contributed by atoms with Crippen molar-refractivity contribution in [3.05, 3.63) is 16.4 Å². The zero-order valence-electron chi connectivity index (χ0n) is 10.8. The lowest BCUT2D eigenvalue weighted by Crippen LogP contribution is -2.36. The first kappa shape index (κ1) is 14.5.